The second kappa shape index (κ2) is 4.72. The molecule has 1 saturated heterocycles. The first-order chi connectivity index (χ1) is 8.40. The molecule has 1 atom stereocenters. The van der Waals surface area contributed by atoms with E-state index in [1.807, 2.05) is 6.92 Å². The molecule has 1 amide bonds. The van der Waals surface area contributed by atoms with E-state index in [4.69, 9.17) is 0 Å². The Labute approximate surface area is 105 Å². The molecule has 2 aliphatic rings. The highest BCUT2D eigenvalue weighted by atomic mass is 19.4. The molecule has 1 N–H and O–H groups in total. The number of hydrogen-bond acceptors (Lipinski definition) is 2. The van der Waals surface area contributed by atoms with E-state index in [9.17, 15) is 18.0 Å². The second-order valence-corrected chi connectivity index (χ2v) is 5.24. The molecule has 1 aliphatic carbocycles. The fraction of sp³-hybridized carbons (Fsp3) is 0.917. The van der Waals surface area contributed by atoms with Crippen molar-refractivity contribution in [3.05, 3.63) is 0 Å². The van der Waals surface area contributed by atoms with Gasteiger partial charge in [-0.3, -0.25) is 4.79 Å². The molecule has 0 aromatic rings. The highest BCUT2D eigenvalue weighted by molar-refractivity contribution is 5.84. The first-order valence-corrected chi connectivity index (χ1v) is 6.50. The quantitative estimate of drug-likeness (QED) is 0.826. The van der Waals surface area contributed by atoms with Gasteiger partial charge < -0.3 is 10.2 Å². The zero-order valence-electron chi connectivity index (χ0n) is 10.5. The summed E-state index contributed by atoms with van der Waals surface area (Å²) in [6.07, 6.45) is -3.18. The third-order valence-corrected chi connectivity index (χ3v) is 4.19. The molecule has 0 bridgehead atoms. The Morgan fingerprint density at radius 3 is 2.56 bits per heavy atom. The van der Waals surface area contributed by atoms with Gasteiger partial charge >= 0.3 is 6.18 Å². The van der Waals surface area contributed by atoms with Gasteiger partial charge in [-0.15, -0.1) is 0 Å². The lowest BCUT2D eigenvalue weighted by atomic mass is 9.67. The number of amides is 1. The predicted octanol–water partition coefficient (Wildman–Crippen LogP) is 1.93. The van der Waals surface area contributed by atoms with Gasteiger partial charge in [-0.05, 0) is 19.3 Å². The number of nitrogens with zero attached hydrogens (tertiary/aromatic N) is 1. The molecule has 0 radical (unpaired) electrons. The third kappa shape index (κ3) is 2.11. The van der Waals surface area contributed by atoms with E-state index >= 15 is 0 Å². The Morgan fingerprint density at radius 2 is 2.11 bits per heavy atom. The monoisotopic (exact) mass is 264 g/mol. The lowest BCUT2D eigenvalue weighted by Gasteiger charge is -2.46. The molecule has 3 nitrogen and oxygen atoms in total. The highest BCUT2D eigenvalue weighted by Gasteiger charge is 2.64. The van der Waals surface area contributed by atoms with Gasteiger partial charge in [0, 0.05) is 25.7 Å². The smallest absolute Gasteiger partial charge is 0.339 e. The van der Waals surface area contributed by atoms with Gasteiger partial charge in [0.1, 0.15) is 5.41 Å². The first-order valence-electron chi connectivity index (χ1n) is 6.50. The van der Waals surface area contributed by atoms with Crippen LogP contribution in [0.15, 0.2) is 0 Å². The van der Waals surface area contributed by atoms with Crippen LogP contribution in [0, 0.1) is 5.41 Å². The lowest BCUT2D eigenvalue weighted by Crippen LogP contribution is -2.61. The number of hydrogen-bond donors (Lipinski definition) is 1. The van der Waals surface area contributed by atoms with Crippen LogP contribution in [-0.4, -0.2) is 42.7 Å². The number of nitrogens with one attached hydrogen (secondary N) is 1. The fourth-order valence-corrected chi connectivity index (χ4v) is 2.73. The Hall–Kier alpha value is -0.780. The minimum Gasteiger partial charge on any atom is -0.339 e. The van der Waals surface area contributed by atoms with Crippen molar-refractivity contribution in [2.24, 2.45) is 5.41 Å². The van der Waals surface area contributed by atoms with Crippen molar-refractivity contribution in [2.75, 3.05) is 19.6 Å². The molecule has 0 spiro atoms. The van der Waals surface area contributed by atoms with Crippen LogP contribution in [0.3, 0.4) is 0 Å². The average Bonchev–Trinajstić information content (AvgIpc) is 2.25. The molecule has 0 aromatic carbocycles. The van der Waals surface area contributed by atoms with Crippen LogP contribution in [0.4, 0.5) is 13.2 Å². The zero-order chi connectivity index (χ0) is 13.4. The van der Waals surface area contributed by atoms with Crippen molar-refractivity contribution in [1.29, 1.82) is 0 Å². The highest BCUT2D eigenvalue weighted by Crippen LogP contribution is 2.54. The van der Waals surface area contributed by atoms with Gasteiger partial charge in [-0.1, -0.05) is 13.3 Å². The Balaban J connectivity index is 2.10. The van der Waals surface area contributed by atoms with E-state index in [1.54, 1.807) is 0 Å². The van der Waals surface area contributed by atoms with Crippen LogP contribution in [-0.2, 0) is 4.79 Å². The van der Waals surface area contributed by atoms with E-state index < -0.39 is 17.5 Å². The summed E-state index contributed by atoms with van der Waals surface area (Å²) in [5.41, 5.74) is -2.08. The SMILES string of the molecule is CC[C@@H]1CN(C(=O)C2(C(F)(F)F)CCC2)CCN1. The number of carbonyl (C=O) groups is 1. The minimum absolute atomic E-state index is 0.0456. The average molecular weight is 264 g/mol. The van der Waals surface area contributed by atoms with Gasteiger partial charge in [-0.2, -0.15) is 13.2 Å². The third-order valence-electron chi connectivity index (χ3n) is 4.19. The molecule has 18 heavy (non-hydrogen) atoms. The first kappa shape index (κ1) is 13.6. The van der Waals surface area contributed by atoms with E-state index in [-0.39, 0.29) is 18.9 Å². The van der Waals surface area contributed by atoms with Gasteiger partial charge in [0.25, 0.3) is 0 Å². The normalized spacial score (nSPS) is 27.8. The molecular formula is C12H19F3N2O. The number of alkyl halides is 3. The molecule has 2 rings (SSSR count). The van der Waals surface area contributed by atoms with Gasteiger partial charge in [0.15, 0.2) is 0 Å². The second-order valence-electron chi connectivity index (χ2n) is 5.24. The van der Waals surface area contributed by atoms with Gasteiger partial charge in [0.05, 0.1) is 0 Å². The van der Waals surface area contributed by atoms with Crippen LogP contribution in [0.2, 0.25) is 0 Å². The van der Waals surface area contributed by atoms with Crippen LogP contribution < -0.4 is 5.32 Å². The topological polar surface area (TPSA) is 32.3 Å². The summed E-state index contributed by atoms with van der Waals surface area (Å²) in [6, 6.07) is 0.119. The van der Waals surface area contributed by atoms with Crippen molar-refractivity contribution >= 4 is 5.91 Å². The van der Waals surface area contributed by atoms with Gasteiger partial charge in [0.2, 0.25) is 5.91 Å². The summed E-state index contributed by atoms with van der Waals surface area (Å²) in [5, 5.41) is 3.20. The van der Waals surface area contributed by atoms with E-state index in [0.29, 0.717) is 26.1 Å². The molecule has 1 aliphatic heterocycles. The number of carbonyl (C=O) groups excluding carboxylic acids is 1. The number of piperazine rings is 1. The molecule has 104 valence electrons. The van der Waals surface area contributed by atoms with Gasteiger partial charge in [-0.25, -0.2) is 0 Å². The summed E-state index contributed by atoms with van der Waals surface area (Å²) in [4.78, 5) is 13.6. The summed E-state index contributed by atoms with van der Waals surface area (Å²) in [7, 11) is 0. The zero-order valence-corrected chi connectivity index (χ0v) is 10.5. The van der Waals surface area contributed by atoms with E-state index in [0.717, 1.165) is 6.42 Å². The summed E-state index contributed by atoms with van der Waals surface area (Å²) >= 11 is 0. The predicted molar refractivity (Wildman–Crippen MR) is 61.0 cm³/mol. The Kier molecular flexibility index (Phi) is 3.58. The Morgan fingerprint density at radius 1 is 1.44 bits per heavy atom. The molecule has 0 aromatic heterocycles. The lowest BCUT2D eigenvalue weighted by molar-refractivity contribution is -0.248. The maximum Gasteiger partial charge on any atom is 0.403 e. The van der Waals surface area contributed by atoms with Crippen molar-refractivity contribution < 1.29 is 18.0 Å². The van der Waals surface area contributed by atoms with E-state index in [2.05, 4.69) is 5.32 Å². The summed E-state index contributed by atoms with van der Waals surface area (Å²) in [5.74, 6) is -0.707. The molecule has 6 heteroatoms. The largest absolute Gasteiger partial charge is 0.403 e. The molecule has 0 unspecified atom stereocenters. The molecular weight excluding hydrogens is 245 g/mol. The fourth-order valence-electron chi connectivity index (χ4n) is 2.73. The standard InChI is InChI=1S/C12H19F3N2O/c1-2-9-8-17(7-6-16-9)10(18)11(4-3-5-11)12(13,14)15/h9,16H,2-8H2,1H3/t9-/m1/s1. The number of halogens is 3. The summed E-state index contributed by atoms with van der Waals surface area (Å²) in [6.45, 7) is 3.33. The van der Waals surface area contributed by atoms with Crippen LogP contribution in [0.5, 0.6) is 0 Å². The van der Waals surface area contributed by atoms with E-state index in [1.165, 1.54) is 4.90 Å². The van der Waals surface area contributed by atoms with Crippen molar-refractivity contribution in [3.63, 3.8) is 0 Å². The van der Waals surface area contributed by atoms with Crippen LogP contribution >= 0.6 is 0 Å². The summed E-state index contributed by atoms with van der Waals surface area (Å²) < 4.78 is 39.2. The maximum absolute atomic E-state index is 13.1. The van der Waals surface area contributed by atoms with Crippen molar-refractivity contribution in [1.82, 2.24) is 10.2 Å². The minimum atomic E-state index is -4.41. The van der Waals surface area contributed by atoms with Crippen molar-refractivity contribution in [3.8, 4) is 0 Å². The molecule has 1 saturated carbocycles. The van der Waals surface area contributed by atoms with Crippen LogP contribution in [0.1, 0.15) is 32.6 Å². The molecule has 1 heterocycles. The molecule has 2 fully saturated rings. The number of rotatable bonds is 2. The Bertz CT molecular complexity index is 326. The van der Waals surface area contributed by atoms with Crippen LogP contribution in [0.25, 0.3) is 0 Å². The maximum atomic E-state index is 13.1. The van der Waals surface area contributed by atoms with Crippen molar-refractivity contribution in [2.45, 2.75) is 44.8 Å².